The molecule has 0 saturated carbocycles. The maximum absolute atomic E-state index is 13.1. The van der Waals surface area contributed by atoms with E-state index in [1.165, 1.54) is 29.4 Å². The molecule has 1 fully saturated rings. The average Bonchev–Trinajstić information content (AvgIpc) is 3.66. The van der Waals surface area contributed by atoms with Crippen LogP contribution in [0.25, 0.3) is 22.2 Å². The molecule has 2 aliphatic rings. The number of anilines is 1. The molecule has 4 heterocycles. The summed E-state index contributed by atoms with van der Waals surface area (Å²) in [5.74, 6) is 0.370. The van der Waals surface area contributed by atoms with Gasteiger partial charge in [-0.3, -0.25) is 9.36 Å². The van der Waals surface area contributed by atoms with Crippen LogP contribution in [-0.4, -0.2) is 92.9 Å². The Morgan fingerprint density at radius 3 is 2.75 bits per heavy atom. The first kappa shape index (κ1) is 26.3. The number of ether oxygens (including phenoxy) is 1. The predicted molar refractivity (Wildman–Crippen MR) is 142 cm³/mol. The number of nitrogens with one attached hydrogen (secondary N) is 3. The van der Waals surface area contributed by atoms with Crippen LogP contribution in [0.15, 0.2) is 59.7 Å². The molecular formula is C25H25ClN8O6. The number of halogens is 1. The summed E-state index contributed by atoms with van der Waals surface area (Å²) in [4.78, 5) is 33.9. The van der Waals surface area contributed by atoms with Crippen molar-refractivity contribution in [3.8, 4) is 0 Å². The molecule has 208 valence electrons. The highest BCUT2D eigenvalue weighted by Crippen LogP contribution is 2.33. The van der Waals surface area contributed by atoms with Crippen molar-refractivity contribution < 1.29 is 30.0 Å². The lowest BCUT2D eigenvalue weighted by Crippen LogP contribution is -2.49. The third-order valence-corrected chi connectivity index (χ3v) is 7.28. The number of aliphatic hydroxyl groups is 4. The summed E-state index contributed by atoms with van der Waals surface area (Å²) in [6, 6.07) is 6.59. The molecule has 0 spiro atoms. The molecule has 14 nitrogen and oxygen atoms in total. The fourth-order valence-electron chi connectivity index (χ4n) is 4.85. The van der Waals surface area contributed by atoms with Gasteiger partial charge in [0.1, 0.15) is 42.6 Å². The lowest BCUT2D eigenvalue weighted by molar-refractivity contribution is -0.121. The number of hydrogen-bond donors (Lipinski definition) is 7. The van der Waals surface area contributed by atoms with Crippen LogP contribution in [0.4, 0.5) is 5.82 Å². The molecule has 3 aromatic heterocycles. The maximum atomic E-state index is 13.1. The van der Waals surface area contributed by atoms with E-state index in [-0.39, 0.29) is 10.6 Å². The zero-order valence-corrected chi connectivity index (χ0v) is 21.5. The number of aliphatic hydroxyl groups excluding tert-OH is 4. The molecule has 1 saturated heterocycles. The summed E-state index contributed by atoms with van der Waals surface area (Å²) < 4.78 is 7.41. The van der Waals surface area contributed by atoms with Crippen molar-refractivity contribution in [1.29, 1.82) is 0 Å². The highest BCUT2D eigenvalue weighted by atomic mass is 35.5. The van der Waals surface area contributed by atoms with E-state index in [0.29, 0.717) is 29.4 Å². The van der Waals surface area contributed by atoms with Gasteiger partial charge in [0.25, 0.3) is 0 Å². The molecule has 2 unspecified atom stereocenters. The summed E-state index contributed by atoms with van der Waals surface area (Å²) in [6.45, 7) is -0.183. The van der Waals surface area contributed by atoms with E-state index in [1.807, 2.05) is 24.3 Å². The number of carbonyl (C=O) groups is 1. The number of aromatic amines is 1. The first-order valence-electron chi connectivity index (χ1n) is 12.4. The molecule has 4 aromatic rings. The van der Waals surface area contributed by atoms with E-state index in [0.717, 1.165) is 11.0 Å². The van der Waals surface area contributed by atoms with Crippen molar-refractivity contribution in [3.63, 3.8) is 0 Å². The summed E-state index contributed by atoms with van der Waals surface area (Å²) in [5.41, 5.74) is 2.35. The smallest absolute Gasteiger partial charge is 0.250 e. The first-order valence-corrected chi connectivity index (χ1v) is 12.8. The van der Waals surface area contributed by atoms with Crippen LogP contribution in [0.2, 0.25) is 0 Å². The van der Waals surface area contributed by atoms with E-state index < -0.39 is 49.2 Å². The van der Waals surface area contributed by atoms with Crippen molar-refractivity contribution in [2.45, 2.75) is 43.2 Å². The topological polar surface area (TPSA) is 204 Å². The van der Waals surface area contributed by atoms with E-state index in [2.05, 4.69) is 35.6 Å². The lowest BCUT2D eigenvalue weighted by atomic mass is 9.97. The maximum Gasteiger partial charge on any atom is 0.250 e. The number of carbonyl (C=O) groups excluding carboxylic acids is 1. The minimum Gasteiger partial charge on any atom is -0.394 e. The van der Waals surface area contributed by atoms with Crippen molar-refractivity contribution in [2.75, 3.05) is 11.9 Å². The van der Waals surface area contributed by atoms with Gasteiger partial charge in [0.2, 0.25) is 5.91 Å². The molecule has 1 aliphatic heterocycles. The fraction of sp³-hybridized carbons (Fsp3) is 0.320. The Bertz CT molecular complexity index is 1600. The van der Waals surface area contributed by atoms with Crippen LogP contribution in [-0.2, 0) is 16.1 Å². The van der Waals surface area contributed by atoms with Gasteiger partial charge in [-0.15, -0.1) is 0 Å². The number of benzene rings is 1. The van der Waals surface area contributed by atoms with Crippen molar-refractivity contribution in [3.05, 3.63) is 65.5 Å². The van der Waals surface area contributed by atoms with Crippen LogP contribution in [0.1, 0.15) is 12.1 Å². The molecule has 0 radical (unpaired) electrons. The number of fused-ring (bicyclic) bond motifs is 2. The molecule has 7 N–H and O–H groups in total. The largest absolute Gasteiger partial charge is 0.394 e. The molecule has 40 heavy (non-hydrogen) atoms. The molecule has 15 heteroatoms. The van der Waals surface area contributed by atoms with Gasteiger partial charge in [-0.25, -0.2) is 19.9 Å². The first-order chi connectivity index (χ1) is 19.4. The number of H-pyrrole nitrogens is 1. The molecule has 1 aromatic carbocycles. The molecule has 6 atom stereocenters. The molecule has 0 bridgehead atoms. The van der Waals surface area contributed by atoms with E-state index in [4.69, 9.17) is 16.3 Å². The monoisotopic (exact) mass is 568 g/mol. The van der Waals surface area contributed by atoms with Crippen molar-refractivity contribution >= 4 is 45.5 Å². The Morgan fingerprint density at radius 1 is 1.12 bits per heavy atom. The summed E-state index contributed by atoms with van der Waals surface area (Å²) in [7, 11) is 0. The summed E-state index contributed by atoms with van der Waals surface area (Å²) in [5, 5.41) is 46.8. The highest BCUT2D eigenvalue weighted by Gasteiger charge is 2.46. The zero-order valence-electron chi connectivity index (χ0n) is 20.7. The van der Waals surface area contributed by atoms with Crippen LogP contribution in [0.3, 0.4) is 0 Å². The number of allylic oxidation sites excluding steroid dienone is 2. The third kappa shape index (κ3) is 4.60. The number of nitrogens with zero attached hydrogens (tertiary/aromatic N) is 5. The van der Waals surface area contributed by atoms with Gasteiger partial charge in [-0.2, -0.15) is 0 Å². The van der Waals surface area contributed by atoms with E-state index in [1.54, 1.807) is 0 Å². The second-order valence-electron chi connectivity index (χ2n) is 9.40. The normalized spacial score (nSPS) is 26.6. The summed E-state index contributed by atoms with van der Waals surface area (Å²) >= 11 is 5.85. The van der Waals surface area contributed by atoms with Gasteiger partial charge in [0.15, 0.2) is 23.2 Å². The molecular weight excluding hydrogens is 544 g/mol. The SMILES string of the molecule is O=C(N[C@@H]1[C@H](O)[C@@H](CO)O[C@H]1n1cnc2c(NCc3nc4ccccc4[nH]3)ncnc21)C1=CC=C(Cl)C(O)C1O. The summed E-state index contributed by atoms with van der Waals surface area (Å²) in [6.07, 6.45) is -1.01. The second kappa shape index (κ2) is 10.6. The third-order valence-electron chi connectivity index (χ3n) is 6.93. The minimum atomic E-state index is -1.56. The van der Waals surface area contributed by atoms with Gasteiger partial charge in [0, 0.05) is 10.6 Å². The van der Waals surface area contributed by atoms with Crippen molar-refractivity contribution in [2.24, 2.45) is 0 Å². The van der Waals surface area contributed by atoms with Gasteiger partial charge in [0.05, 0.1) is 30.5 Å². The zero-order chi connectivity index (χ0) is 28.0. The minimum absolute atomic E-state index is 0.0131. The average molecular weight is 569 g/mol. The van der Waals surface area contributed by atoms with Crippen LogP contribution >= 0.6 is 11.6 Å². The predicted octanol–water partition coefficient (Wildman–Crippen LogP) is -0.165. The van der Waals surface area contributed by atoms with E-state index >= 15 is 0 Å². The number of amides is 1. The highest BCUT2D eigenvalue weighted by molar-refractivity contribution is 6.30. The van der Waals surface area contributed by atoms with Crippen LogP contribution < -0.4 is 10.6 Å². The Kier molecular flexibility index (Phi) is 6.95. The number of imidazole rings is 2. The molecule has 1 amide bonds. The molecule has 1 aliphatic carbocycles. The number of hydrogen-bond acceptors (Lipinski definition) is 11. The Morgan fingerprint density at radius 2 is 1.95 bits per heavy atom. The Labute approximate surface area is 231 Å². The second-order valence-corrected chi connectivity index (χ2v) is 9.84. The number of rotatable bonds is 7. The Hall–Kier alpha value is -3.92. The van der Waals surface area contributed by atoms with E-state index in [9.17, 15) is 25.2 Å². The van der Waals surface area contributed by atoms with Crippen LogP contribution in [0, 0.1) is 0 Å². The van der Waals surface area contributed by atoms with Gasteiger partial charge < -0.3 is 40.8 Å². The lowest BCUT2D eigenvalue weighted by Gasteiger charge is -2.27. The van der Waals surface area contributed by atoms with Crippen molar-refractivity contribution in [1.82, 2.24) is 34.8 Å². The fourth-order valence-corrected chi connectivity index (χ4v) is 5.03. The van der Waals surface area contributed by atoms with Gasteiger partial charge in [-0.1, -0.05) is 23.7 Å². The number of para-hydroxylation sites is 2. The van der Waals surface area contributed by atoms with Gasteiger partial charge in [-0.05, 0) is 24.3 Å². The van der Waals surface area contributed by atoms with Crippen LogP contribution in [0.5, 0.6) is 0 Å². The molecule has 6 rings (SSSR count). The quantitative estimate of drug-likeness (QED) is 0.156. The Balaban J connectivity index is 1.26. The number of aromatic nitrogens is 6. The van der Waals surface area contributed by atoms with Gasteiger partial charge >= 0.3 is 0 Å². The standard InChI is InChI=1S/C25H25ClN8O6/c26-12-6-5-11(19(36)20(12)37)24(39)33-17-21(38)15(8-35)40-25(17)34-10-30-18-22(28-9-29-23(18)34)27-7-16-31-13-3-1-2-4-14(13)32-16/h1-6,9-10,15,17,19-21,25,35-38H,7-8H2,(H,31,32)(H,33,39)(H,27,28,29)/t15-,17-,19?,20?,21-,25-/m1/s1.